The van der Waals surface area contributed by atoms with Crippen LogP contribution in [0.2, 0.25) is 0 Å². The van der Waals surface area contributed by atoms with Gasteiger partial charge in [-0.25, -0.2) is 0 Å². The Bertz CT molecular complexity index is 286. The fourth-order valence-corrected chi connectivity index (χ4v) is 2.00. The van der Waals surface area contributed by atoms with Gasteiger partial charge in [0, 0.05) is 18.4 Å². The number of hydrogen-bond donors (Lipinski definition) is 0. The maximum atomic E-state index is 12.0. The van der Waals surface area contributed by atoms with Crippen molar-refractivity contribution in [3.63, 3.8) is 0 Å². The summed E-state index contributed by atoms with van der Waals surface area (Å²) in [6.07, 6.45) is 0.993. The molecule has 0 unspecified atom stereocenters. The minimum Gasteiger partial charge on any atom is -0.330 e. The predicted octanol–water partition coefficient (Wildman–Crippen LogP) is 2.00. The third-order valence-corrected chi connectivity index (χ3v) is 2.68. The number of amides is 1. The van der Waals surface area contributed by atoms with Gasteiger partial charge in [-0.3, -0.25) is 9.59 Å². The molecule has 86 valence electrons. The molecular formula is C12H21NO2. The molecule has 0 atom stereocenters. The van der Waals surface area contributed by atoms with Gasteiger partial charge in [0.15, 0.2) is 5.78 Å². The topological polar surface area (TPSA) is 37.4 Å². The van der Waals surface area contributed by atoms with Crippen molar-refractivity contribution in [1.82, 2.24) is 4.90 Å². The molecule has 1 aliphatic rings. The molecule has 1 aliphatic heterocycles. The fourth-order valence-electron chi connectivity index (χ4n) is 2.00. The van der Waals surface area contributed by atoms with Gasteiger partial charge in [0.2, 0.25) is 5.91 Å². The van der Waals surface area contributed by atoms with Crippen LogP contribution in [0, 0.1) is 5.41 Å². The summed E-state index contributed by atoms with van der Waals surface area (Å²) in [5, 5.41) is 0. The Morgan fingerprint density at radius 2 is 1.93 bits per heavy atom. The minimum atomic E-state index is -0.292. The van der Waals surface area contributed by atoms with Crippen LogP contribution in [-0.2, 0) is 9.59 Å². The van der Waals surface area contributed by atoms with Gasteiger partial charge in [-0.15, -0.1) is 0 Å². The van der Waals surface area contributed by atoms with E-state index in [0.29, 0.717) is 19.4 Å². The van der Waals surface area contributed by atoms with Gasteiger partial charge in [-0.2, -0.15) is 0 Å². The van der Waals surface area contributed by atoms with E-state index in [1.165, 1.54) is 0 Å². The van der Waals surface area contributed by atoms with Gasteiger partial charge in [-0.1, -0.05) is 20.8 Å². The van der Waals surface area contributed by atoms with E-state index in [0.717, 1.165) is 0 Å². The minimum absolute atomic E-state index is 0.0151. The summed E-state index contributed by atoms with van der Waals surface area (Å²) >= 11 is 0. The molecular weight excluding hydrogens is 190 g/mol. The predicted molar refractivity (Wildman–Crippen MR) is 59.5 cm³/mol. The highest BCUT2D eigenvalue weighted by Crippen LogP contribution is 2.29. The first-order chi connectivity index (χ1) is 6.62. The Labute approximate surface area is 91.8 Å². The van der Waals surface area contributed by atoms with Gasteiger partial charge in [0.25, 0.3) is 0 Å². The lowest BCUT2D eigenvalue weighted by Crippen LogP contribution is -2.43. The van der Waals surface area contributed by atoms with Gasteiger partial charge in [-0.05, 0) is 19.3 Å². The zero-order valence-electron chi connectivity index (χ0n) is 10.4. The summed E-state index contributed by atoms with van der Waals surface area (Å²) in [5.41, 5.74) is -0.307. The Kier molecular flexibility index (Phi) is 2.94. The van der Waals surface area contributed by atoms with Crippen LogP contribution in [-0.4, -0.2) is 28.7 Å². The summed E-state index contributed by atoms with van der Waals surface area (Å²) in [4.78, 5) is 25.1. The standard InChI is InChI=1S/C12H21NO2/c1-11(2,3)7-10(15)13-8-9(14)6-12(13,4)5/h6-8H2,1-5H3. The largest absolute Gasteiger partial charge is 0.330 e. The summed E-state index contributed by atoms with van der Waals surface area (Å²) in [6.45, 7) is 10.3. The summed E-state index contributed by atoms with van der Waals surface area (Å²) in [7, 11) is 0. The van der Waals surface area contributed by atoms with Gasteiger partial charge in [0.1, 0.15) is 0 Å². The normalized spacial score (nSPS) is 20.9. The summed E-state index contributed by atoms with van der Waals surface area (Å²) < 4.78 is 0. The molecule has 3 heteroatoms. The first-order valence-electron chi connectivity index (χ1n) is 5.44. The zero-order valence-corrected chi connectivity index (χ0v) is 10.4. The van der Waals surface area contributed by atoms with Crippen LogP contribution in [0.5, 0.6) is 0 Å². The zero-order chi connectivity index (χ0) is 11.9. The number of Topliss-reactive ketones (excluding diaryl/α,β-unsaturated/α-hetero) is 1. The first-order valence-corrected chi connectivity index (χ1v) is 5.44. The molecule has 0 radical (unpaired) electrons. The molecule has 0 bridgehead atoms. The maximum absolute atomic E-state index is 12.0. The van der Waals surface area contributed by atoms with E-state index in [2.05, 4.69) is 0 Å². The SMILES string of the molecule is CC(C)(C)CC(=O)N1CC(=O)CC1(C)C. The number of ketones is 1. The van der Waals surface area contributed by atoms with Crippen molar-refractivity contribution < 1.29 is 9.59 Å². The van der Waals surface area contributed by atoms with E-state index in [1.54, 1.807) is 4.90 Å². The molecule has 3 nitrogen and oxygen atoms in total. The van der Waals surface area contributed by atoms with Crippen LogP contribution in [0.4, 0.5) is 0 Å². The van der Waals surface area contributed by atoms with Crippen molar-refractivity contribution >= 4 is 11.7 Å². The number of carbonyl (C=O) groups excluding carboxylic acids is 2. The second-order valence-corrected chi connectivity index (χ2v) is 6.25. The van der Waals surface area contributed by atoms with Crippen molar-refractivity contribution in [3.05, 3.63) is 0 Å². The molecule has 1 heterocycles. The van der Waals surface area contributed by atoms with E-state index < -0.39 is 0 Å². The molecule has 1 saturated heterocycles. The van der Waals surface area contributed by atoms with E-state index in [4.69, 9.17) is 0 Å². The van der Waals surface area contributed by atoms with E-state index in [9.17, 15) is 9.59 Å². The molecule has 0 aromatic carbocycles. The molecule has 0 N–H and O–H groups in total. The third-order valence-electron chi connectivity index (χ3n) is 2.68. The van der Waals surface area contributed by atoms with E-state index in [-0.39, 0.29) is 22.6 Å². The highest BCUT2D eigenvalue weighted by molar-refractivity contribution is 5.91. The number of carbonyl (C=O) groups is 2. The van der Waals surface area contributed by atoms with Crippen molar-refractivity contribution in [1.29, 1.82) is 0 Å². The monoisotopic (exact) mass is 211 g/mol. The number of likely N-dealkylation sites (tertiary alicyclic amines) is 1. The summed E-state index contributed by atoms with van der Waals surface area (Å²) in [5.74, 6) is 0.264. The summed E-state index contributed by atoms with van der Waals surface area (Å²) in [6, 6.07) is 0. The van der Waals surface area contributed by atoms with Crippen molar-refractivity contribution in [2.24, 2.45) is 5.41 Å². The van der Waals surface area contributed by atoms with Crippen LogP contribution in [0.25, 0.3) is 0 Å². The third kappa shape index (κ3) is 3.05. The van der Waals surface area contributed by atoms with Crippen LogP contribution in [0.1, 0.15) is 47.5 Å². The molecule has 1 fully saturated rings. The Morgan fingerprint density at radius 3 is 2.27 bits per heavy atom. The van der Waals surface area contributed by atoms with E-state index in [1.807, 2.05) is 34.6 Å². The molecule has 0 aromatic rings. The van der Waals surface area contributed by atoms with E-state index >= 15 is 0 Å². The molecule has 0 spiro atoms. The van der Waals surface area contributed by atoms with Crippen molar-refractivity contribution in [2.45, 2.75) is 53.0 Å². The molecule has 0 saturated carbocycles. The molecule has 0 aliphatic carbocycles. The Balaban J connectivity index is 2.72. The molecule has 0 aromatic heterocycles. The number of nitrogens with zero attached hydrogens (tertiary/aromatic N) is 1. The van der Waals surface area contributed by atoms with Gasteiger partial charge >= 0.3 is 0 Å². The van der Waals surface area contributed by atoms with Crippen molar-refractivity contribution in [3.8, 4) is 0 Å². The lowest BCUT2D eigenvalue weighted by Gasteiger charge is -2.32. The molecule has 1 amide bonds. The number of hydrogen-bond acceptors (Lipinski definition) is 2. The second kappa shape index (κ2) is 3.62. The van der Waals surface area contributed by atoms with Crippen molar-refractivity contribution in [2.75, 3.05) is 6.54 Å². The van der Waals surface area contributed by atoms with Crippen LogP contribution >= 0.6 is 0 Å². The highest BCUT2D eigenvalue weighted by atomic mass is 16.2. The average molecular weight is 211 g/mol. The molecule has 15 heavy (non-hydrogen) atoms. The molecule has 1 rings (SSSR count). The van der Waals surface area contributed by atoms with Gasteiger partial charge < -0.3 is 4.90 Å². The fraction of sp³-hybridized carbons (Fsp3) is 0.833. The lowest BCUT2D eigenvalue weighted by molar-refractivity contribution is -0.137. The Morgan fingerprint density at radius 1 is 1.40 bits per heavy atom. The second-order valence-electron chi connectivity index (χ2n) is 6.25. The van der Waals surface area contributed by atoms with Crippen LogP contribution in [0.3, 0.4) is 0 Å². The maximum Gasteiger partial charge on any atom is 0.223 e. The van der Waals surface area contributed by atoms with Crippen LogP contribution in [0.15, 0.2) is 0 Å². The highest BCUT2D eigenvalue weighted by Gasteiger charge is 2.40. The van der Waals surface area contributed by atoms with Gasteiger partial charge in [0.05, 0.1) is 6.54 Å². The smallest absolute Gasteiger partial charge is 0.223 e. The average Bonchev–Trinajstić information content (AvgIpc) is 2.20. The quantitative estimate of drug-likeness (QED) is 0.665. The first kappa shape index (κ1) is 12.2. The van der Waals surface area contributed by atoms with Crippen LogP contribution < -0.4 is 0 Å². The number of rotatable bonds is 1. The Hall–Kier alpha value is -0.860. The lowest BCUT2D eigenvalue weighted by atomic mass is 9.91.